The summed E-state index contributed by atoms with van der Waals surface area (Å²) >= 11 is 0. The molecule has 0 bridgehead atoms. The van der Waals surface area contributed by atoms with Crippen molar-refractivity contribution in [2.24, 2.45) is 11.8 Å². The minimum atomic E-state index is -0.439. The SMILES string of the molecule is CCN(c1ncnc2[nH]ccc12)C1C[C@@H]2CN(C(=O)OC(C)(C)C)C[C@@H]2C1. The summed E-state index contributed by atoms with van der Waals surface area (Å²) in [5, 5.41) is 1.08. The number of rotatable bonds is 3. The normalized spacial score (nSPS) is 25.0. The lowest BCUT2D eigenvalue weighted by molar-refractivity contribution is 0.0279. The predicted octanol–water partition coefficient (Wildman–Crippen LogP) is 3.43. The summed E-state index contributed by atoms with van der Waals surface area (Å²) in [6, 6.07) is 2.51. The van der Waals surface area contributed by atoms with Gasteiger partial charge < -0.3 is 19.5 Å². The quantitative estimate of drug-likeness (QED) is 0.895. The molecule has 0 aromatic carbocycles. The van der Waals surface area contributed by atoms with E-state index in [-0.39, 0.29) is 6.09 Å². The molecule has 1 saturated heterocycles. The molecule has 146 valence electrons. The summed E-state index contributed by atoms with van der Waals surface area (Å²) in [6.07, 6.45) is 5.56. The van der Waals surface area contributed by atoms with Crippen LogP contribution in [0.1, 0.15) is 40.5 Å². The Bertz CT molecular complexity index is 813. The van der Waals surface area contributed by atoms with Crippen LogP contribution < -0.4 is 4.90 Å². The van der Waals surface area contributed by atoms with Crippen LogP contribution in [-0.4, -0.2) is 57.2 Å². The molecule has 1 amide bonds. The third kappa shape index (κ3) is 3.47. The van der Waals surface area contributed by atoms with Gasteiger partial charge in [0, 0.05) is 31.9 Å². The van der Waals surface area contributed by atoms with Crippen LogP contribution >= 0.6 is 0 Å². The van der Waals surface area contributed by atoms with Crippen LogP contribution in [-0.2, 0) is 4.74 Å². The number of aromatic nitrogens is 3. The second-order valence-electron chi connectivity index (χ2n) is 8.75. The summed E-state index contributed by atoms with van der Waals surface area (Å²) in [5.74, 6) is 2.10. The average molecular weight is 371 g/mol. The van der Waals surface area contributed by atoms with Gasteiger partial charge in [-0.05, 0) is 58.4 Å². The molecule has 1 aliphatic carbocycles. The number of amides is 1. The molecule has 1 unspecified atom stereocenters. The minimum absolute atomic E-state index is 0.175. The average Bonchev–Trinajstić information content (AvgIpc) is 3.28. The topological polar surface area (TPSA) is 74.4 Å². The zero-order chi connectivity index (χ0) is 19.2. The molecule has 2 aliphatic rings. The van der Waals surface area contributed by atoms with Gasteiger partial charge in [-0.2, -0.15) is 0 Å². The second-order valence-corrected chi connectivity index (χ2v) is 8.75. The third-order valence-corrected chi connectivity index (χ3v) is 5.76. The van der Waals surface area contributed by atoms with E-state index in [9.17, 15) is 4.79 Å². The molecule has 1 N–H and O–H groups in total. The lowest BCUT2D eigenvalue weighted by Crippen LogP contribution is -2.38. The van der Waals surface area contributed by atoms with E-state index in [0.717, 1.165) is 49.3 Å². The Labute approximate surface area is 160 Å². The first-order valence-electron chi connectivity index (χ1n) is 9.88. The molecular weight excluding hydrogens is 342 g/mol. The van der Waals surface area contributed by atoms with E-state index in [2.05, 4.69) is 26.8 Å². The highest BCUT2D eigenvalue weighted by Crippen LogP contribution is 2.42. The Morgan fingerprint density at radius 1 is 1.30 bits per heavy atom. The van der Waals surface area contributed by atoms with Gasteiger partial charge in [0.2, 0.25) is 0 Å². The summed E-state index contributed by atoms with van der Waals surface area (Å²) in [7, 11) is 0. The number of H-pyrrole nitrogens is 1. The first-order valence-corrected chi connectivity index (χ1v) is 9.88. The number of hydrogen-bond donors (Lipinski definition) is 1. The standard InChI is InChI=1S/C20H29N5O2/c1-5-25(18-16-6-7-21-17(16)22-12-23-18)15-8-13-10-24(11-14(13)9-15)19(26)27-20(2,3)4/h6-7,12-15H,5,8-11H2,1-4H3,(H,21,22,23)/t13-,14+,15?. The maximum absolute atomic E-state index is 12.4. The maximum Gasteiger partial charge on any atom is 0.410 e. The molecule has 2 aromatic rings. The number of anilines is 1. The van der Waals surface area contributed by atoms with Crippen LogP contribution in [0.5, 0.6) is 0 Å². The van der Waals surface area contributed by atoms with Crippen LogP contribution in [0, 0.1) is 11.8 Å². The van der Waals surface area contributed by atoms with Crippen molar-refractivity contribution >= 4 is 22.9 Å². The van der Waals surface area contributed by atoms with Gasteiger partial charge in [0.05, 0.1) is 5.39 Å². The van der Waals surface area contributed by atoms with Crippen LogP contribution in [0.15, 0.2) is 18.6 Å². The number of fused-ring (bicyclic) bond motifs is 2. The highest BCUT2D eigenvalue weighted by Gasteiger charge is 2.45. The van der Waals surface area contributed by atoms with Crippen molar-refractivity contribution in [2.45, 2.75) is 52.2 Å². The first-order chi connectivity index (χ1) is 12.9. The van der Waals surface area contributed by atoms with Gasteiger partial charge in [0.15, 0.2) is 0 Å². The van der Waals surface area contributed by atoms with Gasteiger partial charge in [-0.3, -0.25) is 0 Å². The van der Waals surface area contributed by atoms with Crippen LogP contribution in [0.25, 0.3) is 11.0 Å². The highest BCUT2D eigenvalue weighted by atomic mass is 16.6. The predicted molar refractivity (Wildman–Crippen MR) is 105 cm³/mol. The van der Waals surface area contributed by atoms with Crippen molar-refractivity contribution in [3.05, 3.63) is 18.6 Å². The lowest BCUT2D eigenvalue weighted by atomic mass is 10.0. The smallest absolute Gasteiger partial charge is 0.410 e. The van der Waals surface area contributed by atoms with Gasteiger partial charge in [-0.1, -0.05) is 0 Å². The monoisotopic (exact) mass is 371 g/mol. The van der Waals surface area contributed by atoms with E-state index in [1.54, 1.807) is 6.33 Å². The molecule has 1 aliphatic heterocycles. The Balaban J connectivity index is 1.45. The fourth-order valence-corrected chi connectivity index (χ4v) is 4.67. The van der Waals surface area contributed by atoms with Crippen molar-refractivity contribution in [3.63, 3.8) is 0 Å². The molecule has 2 fully saturated rings. The van der Waals surface area contributed by atoms with Gasteiger partial charge in [-0.25, -0.2) is 14.8 Å². The Morgan fingerprint density at radius 2 is 2.00 bits per heavy atom. The maximum atomic E-state index is 12.4. The summed E-state index contributed by atoms with van der Waals surface area (Å²) in [4.78, 5) is 28.7. The van der Waals surface area contributed by atoms with E-state index >= 15 is 0 Å². The van der Waals surface area contributed by atoms with Crippen LogP contribution in [0.3, 0.4) is 0 Å². The number of nitrogens with one attached hydrogen (secondary N) is 1. The van der Waals surface area contributed by atoms with E-state index in [1.807, 2.05) is 37.9 Å². The summed E-state index contributed by atoms with van der Waals surface area (Å²) in [6.45, 7) is 10.5. The molecule has 4 rings (SSSR count). The van der Waals surface area contributed by atoms with E-state index in [0.29, 0.717) is 17.9 Å². The summed E-state index contributed by atoms with van der Waals surface area (Å²) in [5.41, 5.74) is 0.443. The number of aromatic amines is 1. The van der Waals surface area contributed by atoms with E-state index in [4.69, 9.17) is 4.74 Å². The number of ether oxygens (including phenoxy) is 1. The largest absolute Gasteiger partial charge is 0.444 e. The van der Waals surface area contributed by atoms with Crippen LogP contribution in [0.2, 0.25) is 0 Å². The molecule has 27 heavy (non-hydrogen) atoms. The molecule has 3 atom stereocenters. The van der Waals surface area contributed by atoms with Crippen molar-refractivity contribution in [2.75, 3.05) is 24.5 Å². The van der Waals surface area contributed by atoms with Gasteiger partial charge in [0.25, 0.3) is 0 Å². The number of likely N-dealkylation sites (tertiary alicyclic amines) is 1. The number of nitrogens with zero attached hydrogens (tertiary/aromatic N) is 4. The Hall–Kier alpha value is -2.31. The highest BCUT2D eigenvalue weighted by molar-refractivity contribution is 5.87. The number of hydrogen-bond acceptors (Lipinski definition) is 5. The zero-order valence-electron chi connectivity index (χ0n) is 16.6. The van der Waals surface area contributed by atoms with Gasteiger partial charge in [-0.15, -0.1) is 0 Å². The second kappa shape index (κ2) is 6.69. The minimum Gasteiger partial charge on any atom is -0.444 e. The lowest BCUT2D eigenvalue weighted by Gasteiger charge is -2.31. The fourth-order valence-electron chi connectivity index (χ4n) is 4.67. The Morgan fingerprint density at radius 3 is 2.63 bits per heavy atom. The van der Waals surface area contributed by atoms with Crippen molar-refractivity contribution in [1.29, 1.82) is 0 Å². The number of carbonyl (C=O) groups excluding carboxylic acids is 1. The van der Waals surface area contributed by atoms with Crippen molar-refractivity contribution in [1.82, 2.24) is 19.9 Å². The molecule has 2 aromatic heterocycles. The van der Waals surface area contributed by atoms with Crippen molar-refractivity contribution in [3.8, 4) is 0 Å². The van der Waals surface area contributed by atoms with E-state index < -0.39 is 5.60 Å². The zero-order valence-corrected chi connectivity index (χ0v) is 16.6. The molecule has 3 heterocycles. The molecule has 0 radical (unpaired) electrons. The first kappa shape index (κ1) is 18.1. The molecule has 7 nitrogen and oxygen atoms in total. The molecule has 0 spiro atoms. The van der Waals surface area contributed by atoms with E-state index in [1.165, 1.54) is 0 Å². The van der Waals surface area contributed by atoms with Crippen LogP contribution in [0.4, 0.5) is 10.6 Å². The molecule has 1 saturated carbocycles. The third-order valence-electron chi connectivity index (χ3n) is 5.76. The summed E-state index contributed by atoms with van der Waals surface area (Å²) < 4.78 is 5.55. The fraction of sp³-hybridized carbons (Fsp3) is 0.650. The van der Waals surface area contributed by atoms with Gasteiger partial charge in [0.1, 0.15) is 23.4 Å². The molecular formula is C20H29N5O2. The molecule has 7 heteroatoms. The van der Waals surface area contributed by atoms with Gasteiger partial charge >= 0.3 is 6.09 Å². The Kier molecular flexibility index (Phi) is 4.48. The number of carbonyl (C=O) groups is 1. The van der Waals surface area contributed by atoms with Crippen molar-refractivity contribution < 1.29 is 9.53 Å².